The van der Waals surface area contributed by atoms with Crippen LogP contribution in [0.15, 0.2) is 42.0 Å². The molecule has 1 rings (SSSR count). The lowest BCUT2D eigenvalue weighted by Crippen LogP contribution is -1.94. The summed E-state index contributed by atoms with van der Waals surface area (Å²) in [7, 11) is 0. The molecule has 0 atom stereocenters. The Labute approximate surface area is 87.5 Å². The maximum Gasteiger partial charge on any atom is 0.119 e. The fourth-order valence-electron chi connectivity index (χ4n) is 0.851. The average molecular weight is 241 g/mol. The Kier molecular flexibility index (Phi) is 4.61. The zero-order valence-electron chi connectivity index (χ0n) is 7.66. The van der Waals surface area contributed by atoms with E-state index in [0.717, 1.165) is 11.1 Å². The molecule has 0 unspecified atom stereocenters. The van der Waals surface area contributed by atoms with Crippen LogP contribution in [0, 0.1) is 0 Å². The van der Waals surface area contributed by atoms with E-state index in [1.807, 2.05) is 30.3 Å². The van der Waals surface area contributed by atoms with Crippen molar-refractivity contribution in [3.63, 3.8) is 0 Å². The van der Waals surface area contributed by atoms with Gasteiger partial charge < -0.3 is 4.74 Å². The van der Waals surface area contributed by atoms with Gasteiger partial charge in [0.05, 0.1) is 0 Å². The molecule has 0 amide bonds. The van der Waals surface area contributed by atoms with Gasteiger partial charge in [-0.25, -0.2) is 0 Å². The van der Waals surface area contributed by atoms with Gasteiger partial charge in [-0.1, -0.05) is 39.7 Å². The number of hydrogen-bond acceptors (Lipinski definition) is 1. The molecule has 0 saturated carbocycles. The third-order valence-electron chi connectivity index (χ3n) is 1.64. The number of benzene rings is 1. The maximum absolute atomic E-state index is 5.48. The highest BCUT2D eigenvalue weighted by Gasteiger charge is 1.88. The second-order valence-corrected chi connectivity index (χ2v) is 3.37. The van der Waals surface area contributed by atoms with Crippen LogP contribution >= 0.6 is 15.9 Å². The fraction of sp³-hybridized carbons (Fsp3) is 0.273. The second kappa shape index (κ2) is 5.81. The largest absolute Gasteiger partial charge is 0.490 e. The van der Waals surface area contributed by atoms with E-state index in [2.05, 4.69) is 28.9 Å². The van der Waals surface area contributed by atoms with E-state index < -0.39 is 0 Å². The highest BCUT2D eigenvalue weighted by atomic mass is 79.9. The normalized spacial score (nSPS) is 11.4. The zero-order chi connectivity index (χ0) is 9.52. The molecule has 0 aromatic heterocycles. The van der Waals surface area contributed by atoms with Gasteiger partial charge in [-0.3, -0.25) is 0 Å². The fourth-order valence-corrected chi connectivity index (χ4v) is 1.08. The summed E-state index contributed by atoms with van der Waals surface area (Å²) < 4.78 is 5.48. The van der Waals surface area contributed by atoms with E-state index in [1.54, 1.807) is 0 Å². The highest BCUT2D eigenvalue weighted by Crippen LogP contribution is 2.08. The highest BCUT2D eigenvalue weighted by molar-refractivity contribution is 9.09. The van der Waals surface area contributed by atoms with Gasteiger partial charge in [-0.05, 0) is 25.1 Å². The predicted molar refractivity (Wildman–Crippen MR) is 59.5 cm³/mol. The first-order valence-corrected chi connectivity index (χ1v) is 5.34. The van der Waals surface area contributed by atoms with Gasteiger partial charge in [0, 0.05) is 5.33 Å². The molecule has 0 aliphatic carbocycles. The van der Waals surface area contributed by atoms with Gasteiger partial charge in [0.15, 0.2) is 0 Å². The van der Waals surface area contributed by atoms with Crippen LogP contribution in [0.3, 0.4) is 0 Å². The SMILES string of the molecule is CC(=CCOc1ccccc1)CBr. The van der Waals surface area contributed by atoms with Crippen molar-refractivity contribution < 1.29 is 4.74 Å². The van der Waals surface area contributed by atoms with Crippen molar-refractivity contribution in [1.82, 2.24) is 0 Å². The van der Waals surface area contributed by atoms with Crippen molar-refractivity contribution >= 4 is 15.9 Å². The number of hydrogen-bond donors (Lipinski definition) is 0. The molecule has 13 heavy (non-hydrogen) atoms. The number of para-hydroxylation sites is 1. The summed E-state index contributed by atoms with van der Waals surface area (Å²) in [6.45, 7) is 2.71. The summed E-state index contributed by atoms with van der Waals surface area (Å²) in [4.78, 5) is 0. The molecule has 1 aromatic rings. The summed E-state index contributed by atoms with van der Waals surface area (Å²) in [5, 5.41) is 0.908. The predicted octanol–water partition coefficient (Wildman–Crippen LogP) is 3.41. The minimum absolute atomic E-state index is 0.640. The van der Waals surface area contributed by atoms with Gasteiger partial charge >= 0.3 is 0 Å². The van der Waals surface area contributed by atoms with Crippen LogP contribution in [0.2, 0.25) is 0 Å². The molecule has 0 aliphatic rings. The molecule has 0 radical (unpaired) electrons. The molecule has 1 nitrogen and oxygen atoms in total. The summed E-state index contributed by atoms with van der Waals surface area (Å²) in [6, 6.07) is 9.83. The smallest absolute Gasteiger partial charge is 0.119 e. The van der Waals surface area contributed by atoms with E-state index >= 15 is 0 Å². The Bertz CT molecular complexity index is 267. The van der Waals surface area contributed by atoms with E-state index in [1.165, 1.54) is 5.57 Å². The number of alkyl halides is 1. The standard InChI is InChI=1S/C11H13BrO/c1-10(9-12)7-8-13-11-5-3-2-4-6-11/h2-7H,8-9H2,1H3. The molecule has 0 spiro atoms. The van der Waals surface area contributed by atoms with E-state index in [4.69, 9.17) is 4.74 Å². The van der Waals surface area contributed by atoms with Gasteiger partial charge in [-0.2, -0.15) is 0 Å². The number of rotatable bonds is 4. The number of ether oxygens (including phenoxy) is 1. The summed E-state index contributed by atoms with van der Waals surface area (Å²) in [5.74, 6) is 0.918. The molecular formula is C11H13BrO. The number of allylic oxidation sites excluding steroid dienone is 1. The Morgan fingerprint density at radius 1 is 1.38 bits per heavy atom. The van der Waals surface area contributed by atoms with Crippen LogP contribution in [-0.4, -0.2) is 11.9 Å². The van der Waals surface area contributed by atoms with Crippen LogP contribution in [0.4, 0.5) is 0 Å². The van der Waals surface area contributed by atoms with Gasteiger partial charge in [0.1, 0.15) is 12.4 Å². The third kappa shape index (κ3) is 4.13. The van der Waals surface area contributed by atoms with Crippen LogP contribution in [0.25, 0.3) is 0 Å². The van der Waals surface area contributed by atoms with Crippen molar-refractivity contribution in [2.24, 2.45) is 0 Å². The first-order chi connectivity index (χ1) is 6.33. The minimum atomic E-state index is 0.640. The molecule has 0 saturated heterocycles. The third-order valence-corrected chi connectivity index (χ3v) is 2.52. The first-order valence-electron chi connectivity index (χ1n) is 4.22. The van der Waals surface area contributed by atoms with Crippen LogP contribution in [0.5, 0.6) is 5.75 Å². The molecule has 0 N–H and O–H groups in total. The monoisotopic (exact) mass is 240 g/mol. The molecule has 0 fully saturated rings. The molecule has 2 heteroatoms. The lowest BCUT2D eigenvalue weighted by molar-refractivity contribution is 0.362. The molecule has 0 aliphatic heterocycles. The van der Waals surface area contributed by atoms with Crippen LogP contribution in [-0.2, 0) is 0 Å². The minimum Gasteiger partial charge on any atom is -0.490 e. The molecule has 0 bridgehead atoms. The molecular weight excluding hydrogens is 228 g/mol. The maximum atomic E-state index is 5.48. The second-order valence-electron chi connectivity index (χ2n) is 2.81. The average Bonchev–Trinajstić information content (AvgIpc) is 2.19. The lowest BCUT2D eigenvalue weighted by Gasteiger charge is -2.02. The number of halogens is 1. The molecule has 1 aromatic carbocycles. The topological polar surface area (TPSA) is 9.23 Å². The van der Waals surface area contributed by atoms with Gasteiger partial charge in [0.2, 0.25) is 0 Å². The Morgan fingerprint density at radius 3 is 2.69 bits per heavy atom. The van der Waals surface area contributed by atoms with Crippen molar-refractivity contribution in [1.29, 1.82) is 0 Å². The van der Waals surface area contributed by atoms with Gasteiger partial charge in [-0.15, -0.1) is 0 Å². The van der Waals surface area contributed by atoms with E-state index in [0.29, 0.717) is 6.61 Å². The van der Waals surface area contributed by atoms with Gasteiger partial charge in [0.25, 0.3) is 0 Å². The summed E-state index contributed by atoms with van der Waals surface area (Å²) in [5.41, 5.74) is 1.29. The van der Waals surface area contributed by atoms with Crippen molar-refractivity contribution in [2.45, 2.75) is 6.92 Å². The van der Waals surface area contributed by atoms with Crippen molar-refractivity contribution in [3.8, 4) is 5.75 Å². The quantitative estimate of drug-likeness (QED) is 0.579. The summed E-state index contributed by atoms with van der Waals surface area (Å²) >= 11 is 3.38. The Balaban J connectivity index is 2.36. The Hall–Kier alpha value is -0.760. The van der Waals surface area contributed by atoms with E-state index in [9.17, 15) is 0 Å². The molecule has 70 valence electrons. The van der Waals surface area contributed by atoms with Crippen molar-refractivity contribution in [3.05, 3.63) is 42.0 Å². The van der Waals surface area contributed by atoms with E-state index in [-0.39, 0.29) is 0 Å². The lowest BCUT2D eigenvalue weighted by atomic mass is 10.3. The van der Waals surface area contributed by atoms with Crippen LogP contribution < -0.4 is 4.74 Å². The zero-order valence-corrected chi connectivity index (χ0v) is 9.25. The van der Waals surface area contributed by atoms with Crippen LogP contribution in [0.1, 0.15) is 6.92 Å². The molecule has 0 heterocycles. The van der Waals surface area contributed by atoms with Crippen molar-refractivity contribution in [2.75, 3.05) is 11.9 Å². The Morgan fingerprint density at radius 2 is 2.08 bits per heavy atom. The first kappa shape index (κ1) is 10.3. The summed E-state index contributed by atoms with van der Waals surface area (Å²) in [6.07, 6.45) is 2.07.